The highest BCUT2D eigenvalue weighted by Gasteiger charge is 2.29. The summed E-state index contributed by atoms with van der Waals surface area (Å²) < 4.78 is 5.35. The predicted octanol–water partition coefficient (Wildman–Crippen LogP) is -0.892. The summed E-state index contributed by atoms with van der Waals surface area (Å²) in [6.07, 6.45) is 0.388. The molecule has 0 bridgehead atoms. The van der Waals surface area contributed by atoms with Gasteiger partial charge in [0.05, 0.1) is 12.7 Å². The Morgan fingerprint density at radius 1 is 1.44 bits per heavy atom. The van der Waals surface area contributed by atoms with Gasteiger partial charge in [-0.3, -0.25) is 0 Å². The van der Waals surface area contributed by atoms with Gasteiger partial charge in [0.2, 0.25) is 0 Å². The van der Waals surface area contributed by atoms with Crippen LogP contribution in [0.1, 0.15) is 0 Å². The van der Waals surface area contributed by atoms with Gasteiger partial charge in [0, 0.05) is 25.7 Å². The molecule has 2 saturated heterocycles. The maximum Gasteiger partial charge on any atom is 0.0978 e. The topological polar surface area (TPSA) is 33.3 Å². The lowest BCUT2D eigenvalue weighted by atomic mass is 10.2. The fraction of sp³-hybridized carbons (Fsp3) is 0.833. The molecule has 9 heavy (non-hydrogen) atoms. The Hall–Kier alpha value is -0.120. The molecule has 2 fully saturated rings. The third kappa shape index (κ3) is 0.956. The van der Waals surface area contributed by atoms with Crippen LogP contribution in [0.25, 0.3) is 0 Å². The monoisotopic (exact) mass is 127 g/mol. The molecule has 0 aromatic heterocycles. The van der Waals surface area contributed by atoms with Crippen molar-refractivity contribution in [1.82, 2.24) is 10.6 Å². The summed E-state index contributed by atoms with van der Waals surface area (Å²) in [6.45, 7) is 4.78. The Morgan fingerprint density at radius 2 is 2.44 bits per heavy atom. The van der Waals surface area contributed by atoms with E-state index in [9.17, 15) is 0 Å². The molecule has 3 nitrogen and oxygen atoms in total. The van der Waals surface area contributed by atoms with Crippen LogP contribution in [0.2, 0.25) is 0 Å². The van der Waals surface area contributed by atoms with Gasteiger partial charge in [-0.05, 0) is 0 Å². The molecule has 0 aliphatic carbocycles. The van der Waals surface area contributed by atoms with Crippen LogP contribution in [0.15, 0.2) is 0 Å². The van der Waals surface area contributed by atoms with Gasteiger partial charge in [0.25, 0.3) is 0 Å². The standard InChI is InChI=1S/C6H11N2O/c1-2-9-6-4-7-3-5(6)8-1/h2,5-8H,1,3-4H2. The second-order valence-corrected chi connectivity index (χ2v) is 2.51. The molecule has 0 aromatic carbocycles. The Labute approximate surface area is 54.8 Å². The first-order chi connectivity index (χ1) is 4.47. The van der Waals surface area contributed by atoms with Crippen molar-refractivity contribution < 1.29 is 4.74 Å². The summed E-state index contributed by atoms with van der Waals surface area (Å²) in [7, 11) is 0. The molecule has 51 valence electrons. The van der Waals surface area contributed by atoms with E-state index in [1.165, 1.54) is 0 Å². The third-order valence-electron chi connectivity index (χ3n) is 1.89. The summed E-state index contributed by atoms with van der Waals surface area (Å²) in [6, 6.07) is 0.551. The molecule has 2 N–H and O–H groups in total. The van der Waals surface area contributed by atoms with Gasteiger partial charge in [-0.25, -0.2) is 0 Å². The van der Waals surface area contributed by atoms with E-state index in [0.717, 1.165) is 19.6 Å². The molecule has 0 saturated carbocycles. The lowest BCUT2D eigenvalue weighted by Crippen LogP contribution is -2.45. The number of hydrogen-bond donors (Lipinski definition) is 2. The fourth-order valence-corrected chi connectivity index (χ4v) is 1.37. The van der Waals surface area contributed by atoms with Gasteiger partial charge in [0.1, 0.15) is 0 Å². The van der Waals surface area contributed by atoms with Gasteiger partial charge < -0.3 is 15.4 Å². The highest BCUT2D eigenvalue weighted by Crippen LogP contribution is 2.09. The molecule has 2 aliphatic heterocycles. The molecular weight excluding hydrogens is 116 g/mol. The Kier molecular flexibility index (Phi) is 1.41. The molecule has 2 aliphatic rings. The minimum atomic E-state index is 0.388. The Morgan fingerprint density at radius 3 is 3.33 bits per heavy atom. The quantitative estimate of drug-likeness (QED) is 0.443. The Balaban J connectivity index is 1.97. The fourth-order valence-electron chi connectivity index (χ4n) is 1.37. The van der Waals surface area contributed by atoms with Crippen LogP contribution < -0.4 is 10.6 Å². The molecule has 2 rings (SSSR count). The average molecular weight is 127 g/mol. The molecule has 0 spiro atoms. The van der Waals surface area contributed by atoms with Gasteiger partial charge in [-0.1, -0.05) is 0 Å². The van der Waals surface area contributed by atoms with Crippen LogP contribution in [-0.2, 0) is 4.74 Å². The molecule has 2 atom stereocenters. The van der Waals surface area contributed by atoms with E-state index in [0.29, 0.717) is 12.1 Å². The van der Waals surface area contributed by atoms with E-state index >= 15 is 0 Å². The second-order valence-electron chi connectivity index (χ2n) is 2.51. The maximum absolute atomic E-state index is 5.35. The van der Waals surface area contributed by atoms with Crippen molar-refractivity contribution in [2.75, 3.05) is 19.6 Å². The van der Waals surface area contributed by atoms with E-state index in [1.807, 2.05) is 6.61 Å². The number of nitrogens with one attached hydrogen (secondary N) is 2. The van der Waals surface area contributed by atoms with E-state index < -0.39 is 0 Å². The van der Waals surface area contributed by atoms with Crippen LogP contribution in [0.5, 0.6) is 0 Å². The molecular formula is C6H11N2O. The lowest BCUT2D eigenvalue weighted by molar-refractivity contribution is 0.0676. The van der Waals surface area contributed by atoms with Crippen LogP contribution in [0.4, 0.5) is 0 Å². The SMILES string of the molecule is [CH]1CNC2CNCC2O1. The molecule has 1 radical (unpaired) electrons. The molecule has 3 heteroatoms. The van der Waals surface area contributed by atoms with Crippen LogP contribution >= 0.6 is 0 Å². The summed E-state index contributed by atoms with van der Waals surface area (Å²) >= 11 is 0. The van der Waals surface area contributed by atoms with Crippen LogP contribution in [0.3, 0.4) is 0 Å². The van der Waals surface area contributed by atoms with E-state index in [4.69, 9.17) is 4.74 Å². The van der Waals surface area contributed by atoms with Crippen molar-refractivity contribution in [3.63, 3.8) is 0 Å². The normalized spacial score (nSPS) is 42.7. The molecule has 0 amide bonds. The van der Waals surface area contributed by atoms with E-state index in [1.54, 1.807) is 0 Å². The van der Waals surface area contributed by atoms with E-state index in [-0.39, 0.29) is 0 Å². The minimum absolute atomic E-state index is 0.388. The summed E-state index contributed by atoms with van der Waals surface area (Å²) in [5.74, 6) is 0. The maximum atomic E-state index is 5.35. The highest BCUT2D eigenvalue weighted by molar-refractivity contribution is 4.92. The predicted molar refractivity (Wildman–Crippen MR) is 33.8 cm³/mol. The van der Waals surface area contributed by atoms with Gasteiger partial charge in [-0.2, -0.15) is 0 Å². The van der Waals surface area contributed by atoms with Crippen molar-refractivity contribution in [2.45, 2.75) is 12.1 Å². The number of morpholine rings is 1. The molecule has 2 unspecified atom stereocenters. The van der Waals surface area contributed by atoms with Crippen molar-refractivity contribution in [1.29, 1.82) is 0 Å². The van der Waals surface area contributed by atoms with Gasteiger partial charge >= 0.3 is 0 Å². The van der Waals surface area contributed by atoms with Crippen molar-refractivity contribution >= 4 is 0 Å². The van der Waals surface area contributed by atoms with Crippen molar-refractivity contribution in [2.24, 2.45) is 0 Å². The largest absolute Gasteiger partial charge is 0.368 e. The number of ether oxygens (including phenoxy) is 1. The zero-order valence-corrected chi connectivity index (χ0v) is 5.26. The molecule has 2 heterocycles. The zero-order valence-electron chi connectivity index (χ0n) is 5.26. The van der Waals surface area contributed by atoms with Crippen LogP contribution in [-0.4, -0.2) is 31.8 Å². The first-order valence-corrected chi connectivity index (χ1v) is 3.38. The first kappa shape index (κ1) is 5.65. The summed E-state index contributed by atoms with van der Waals surface area (Å²) in [4.78, 5) is 0. The van der Waals surface area contributed by atoms with Gasteiger partial charge in [0.15, 0.2) is 0 Å². The highest BCUT2D eigenvalue weighted by atomic mass is 16.5. The number of rotatable bonds is 0. The van der Waals surface area contributed by atoms with Gasteiger partial charge in [-0.15, -0.1) is 0 Å². The zero-order chi connectivity index (χ0) is 6.10. The summed E-state index contributed by atoms with van der Waals surface area (Å²) in [5.41, 5.74) is 0. The lowest BCUT2D eigenvalue weighted by Gasteiger charge is -2.25. The third-order valence-corrected chi connectivity index (χ3v) is 1.89. The van der Waals surface area contributed by atoms with Crippen molar-refractivity contribution in [3.8, 4) is 0 Å². The second kappa shape index (κ2) is 2.25. The number of fused-ring (bicyclic) bond motifs is 1. The van der Waals surface area contributed by atoms with Crippen LogP contribution in [0, 0.1) is 6.61 Å². The molecule has 0 aromatic rings. The Bertz CT molecular complexity index is 95.2. The number of hydrogen-bond acceptors (Lipinski definition) is 3. The minimum Gasteiger partial charge on any atom is -0.368 e. The first-order valence-electron chi connectivity index (χ1n) is 3.38. The van der Waals surface area contributed by atoms with E-state index in [2.05, 4.69) is 10.6 Å². The smallest absolute Gasteiger partial charge is 0.0978 e. The average Bonchev–Trinajstić information content (AvgIpc) is 2.33. The van der Waals surface area contributed by atoms with Crippen molar-refractivity contribution in [3.05, 3.63) is 6.61 Å². The summed E-state index contributed by atoms with van der Waals surface area (Å²) in [5, 5.41) is 6.59.